The number of fused-ring (bicyclic) bond motifs is 1. The fraction of sp³-hybridized carbons (Fsp3) is 0. The van der Waals surface area contributed by atoms with Gasteiger partial charge in [-0.05, 0) is 42.5 Å². The van der Waals surface area contributed by atoms with Crippen LogP contribution >= 0.6 is 0 Å². The number of anilines is 2. The fourth-order valence-corrected chi connectivity index (χ4v) is 1.93. The van der Waals surface area contributed by atoms with E-state index >= 15 is 0 Å². The molecule has 0 aliphatic rings. The zero-order chi connectivity index (χ0) is 14.1. The number of carbonyl (C=O) groups excluding carboxylic acids is 1. The highest BCUT2D eigenvalue weighted by Gasteiger charge is 2.14. The maximum atomic E-state index is 12.8. The summed E-state index contributed by atoms with van der Waals surface area (Å²) in [6.45, 7) is 0. The smallest absolute Gasteiger partial charge is 0.276 e. The summed E-state index contributed by atoms with van der Waals surface area (Å²) in [4.78, 5) is 12.2. The molecule has 3 rings (SSSR count). The zero-order valence-electron chi connectivity index (χ0n) is 10.4. The van der Waals surface area contributed by atoms with Crippen LogP contribution in [0.2, 0.25) is 0 Å². The highest BCUT2D eigenvalue weighted by molar-refractivity contribution is 6.11. The number of aromatic amines is 1. The quantitative estimate of drug-likeness (QED) is 0.626. The van der Waals surface area contributed by atoms with Gasteiger partial charge in [0.1, 0.15) is 5.82 Å². The number of hydrogen-bond donors (Lipinski definition) is 3. The summed E-state index contributed by atoms with van der Waals surface area (Å²) in [5, 5.41) is 10.0. The van der Waals surface area contributed by atoms with Crippen molar-refractivity contribution in [3.63, 3.8) is 0 Å². The van der Waals surface area contributed by atoms with Gasteiger partial charge in [-0.2, -0.15) is 5.10 Å². The van der Waals surface area contributed by atoms with E-state index in [4.69, 9.17) is 5.73 Å². The number of nitrogens with two attached hydrogens (primary N) is 1. The Kier molecular flexibility index (Phi) is 2.83. The Morgan fingerprint density at radius 2 is 1.95 bits per heavy atom. The van der Waals surface area contributed by atoms with E-state index in [0.29, 0.717) is 16.8 Å². The molecule has 20 heavy (non-hydrogen) atoms. The molecule has 4 N–H and O–H groups in total. The number of halogens is 1. The minimum Gasteiger partial charge on any atom is -0.399 e. The molecule has 0 unspecified atom stereocenters. The van der Waals surface area contributed by atoms with Gasteiger partial charge in [0.15, 0.2) is 5.69 Å². The summed E-state index contributed by atoms with van der Waals surface area (Å²) >= 11 is 0. The lowest BCUT2D eigenvalue weighted by Crippen LogP contribution is -2.12. The number of benzene rings is 2. The van der Waals surface area contributed by atoms with E-state index in [9.17, 15) is 9.18 Å². The molecule has 100 valence electrons. The van der Waals surface area contributed by atoms with Crippen LogP contribution in [0.1, 0.15) is 10.5 Å². The molecule has 0 bridgehead atoms. The highest BCUT2D eigenvalue weighted by atomic mass is 19.1. The van der Waals surface area contributed by atoms with Crippen molar-refractivity contribution < 1.29 is 9.18 Å². The Labute approximate surface area is 113 Å². The molecule has 1 amide bonds. The Balaban J connectivity index is 1.92. The van der Waals surface area contributed by atoms with Crippen molar-refractivity contribution in [1.82, 2.24) is 10.2 Å². The molecule has 0 radical (unpaired) electrons. The second-order valence-corrected chi connectivity index (χ2v) is 4.34. The largest absolute Gasteiger partial charge is 0.399 e. The first kappa shape index (κ1) is 12.2. The Morgan fingerprint density at radius 1 is 1.20 bits per heavy atom. The molecule has 5 nitrogen and oxygen atoms in total. The van der Waals surface area contributed by atoms with Crippen molar-refractivity contribution in [2.24, 2.45) is 0 Å². The van der Waals surface area contributed by atoms with Crippen LogP contribution in [0.5, 0.6) is 0 Å². The summed E-state index contributed by atoms with van der Waals surface area (Å²) < 4.78 is 12.8. The normalized spacial score (nSPS) is 10.7. The minimum atomic E-state index is -0.381. The molecule has 0 spiro atoms. The van der Waals surface area contributed by atoms with Crippen LogP contribution in [0.25, 0.3) is 10.9 Å². The second kappa shape index (κ2) is 4.65. The fourth-order valence-electron chi connectivity index (χ4n) is 1.93. The number of rotatable bonds is 2. The van der Waals surface area contributed by atoms with E-state index in [1.54, 1.807) is 18.2 Å². The highest BCUT2D eigenvalue weighted by Crippen LogP contribution is 2.20. The molecule has 0 saturated heterocycles. The number of amides is 1. The van der Waals surface area contributed by atoms with E-state index in [2.05, 4.69) is 15.5 Å². The third-order valence-electron chi connectivity index (χ3n) is 2.90. The summed E-state index contributed by atoms with van der Waals surface area (Å²) in [7, 11) is 0. The van der Waals surface area contributed by atoms with Crippen LogP contribution in [0.4, 0.5) is 15.8 Å². The molecule has 0 aliphatic carbocycles. The van der Waals surface area contributed by atoms with Gasteiger partial charge in [-0.15, -0.1) is 0 Å². The predicted molar refractivity (Wildman–Crippen MR) is 74.9 cm³/mol. The van der Waals surface area contributed by atoms with E-state index in [0.717, 1.165) is 5.52 Å². The van der Waals surface area contributed by atoms with Gasteiger partial charge in [0.2, 0.25) is 0 Å². The van der Waals surface area contributed by atoms with Crippen LogP contribution < -0.4 is 11.1 Å². The van der Waals surface area contributed by atoms with Gasteiger partial charge in [-0.3, -0.25) is 9.89 Å². The van der Waals surface area contributed by atoms with Crippen LogP contribution in [0.3, 0.4) is 0 Å². The Bertz CT molecular complexity index is 779. The molecule has 3 aromatic rings. The second-order valence-electron chi connectivity index (χ2n) is 4.34. The number of aromatic nitrogens is 2. The standard InChI is InChI=1S/C14H11FN4O/c15-8-1-4-10(5-2-8)17-14(20)13-11-7-9(16)3-6-12(11)18-19-13/h1-7H,16H2,(H,17,20)(H,18,19). The van der Waals surface area contributed by atoms with Gasteiger partial charge >= 0.3 is 0 Å². The minimum absolute atomic E-state index is 0.247. The molecule has 0 fully saturated rings. The van der Waals surface area contributed by atoms with Gasteiger partial charge in [-0.25, -0.2) is 4.39 Å². The van der Waals surface area contributed by atoms with Crippen LogP contribution in [0, 0.1) is 5.82 Å². The SMILES string of the molecule is Nc1ccc2[nH]nc(C(=O)Nc3ccc(F)cc3)c2c1. The molecule has 6 heteroatoms. The summed E-state index contributed by atoms with van der Waals surface area (Å²) in [5.74, 6) is -0.741. The lowest BCUT2D eigenvalue weighted by molar-refractivity contribution is 0.102. The average Bonchev–Trinajstić information content (AvgIpc) is 2.84. The molecule has 0 saturated carbocycles. The number of hydrogen-bond acceptors (Lipinski definition) is 3. The predicted octanol–water partition coefficient (Wildman–Crippen LogP) is 2.54. The summed E-state index contributed by atoms with van der Waals surface area (Å²) in [6.07, 6.45) is 0. The van der Waals surface area contributed by atoms with Crippen molar-refractivity contribution in [1.29, 1.82) is 0 Å². The first-order valence-corrected chi connectivity index (χ1v) is 5.94. The third kappa shape index (κ3) is 2.18. The van der Waals surface area contributed by atoms with Crippen molar-refractivity contribution >= 4 is 28.2 Å². The monoisotopic (exact) mass is 270 g/mol. The number of carbonyl (C=O) groups is 1. The topological polar surface area (TPSA) is 83.8 Å². The van der Waals surface area contributed by atoms with Crippen LogP contribution in [0.15, 0.2) is 42.5 Å². The first-order chi connectivity index (χ1) is 9.63. The van der Waals surface area contributed by atoms with Gasteiger partial charge < -0.3 is 11.1 Å². The van der Waals surface area contributed by atoms with Crippen molar-refractivity contribution in [3.05, 3.63) is 54.0 Å². The van der Waals surface area contributed by atoms with E-state index < -0.39 is 0 Å². The summed E-state index contributed by atoms with van der Waals surface area (Å²) in [6, 6.07) is 10.7. The molecule has 0 aliphatic heterocycles. The molecule has 2 aromatic carbocycles. The molecular formula is C14H11FN4O. The van der Waals surface area contributed by atoms with E-state index in [-0.39, 0.29) is 17.4 Å². The van der Waals surface area contributed by atoms with Gasteiger partial charge in [-0.1, -0.05) is 0 Å². The Morgan fingerprint density at radius 3 is 2.70 bits per heavy atom. The van der Waals surface area contributed by atoms with Crippen LogP contribution in [-0.2, 0) is 0 Å². The van der Waals surface area contributed by atoms with Crippen molar-refractivity contribution in [2.45, 2.75) is 0 Å². The zero-order valence-corrected chi connectivity index (χ0v) is 10.4. The first-order valence-electron chi connectivity index (χ1n) is 5.94. The number of nitrogen functional groups attached to an aromatic ring is 1. The lowest BCUT2D eigenvalue weighted by atomic mass is 10.2. The van der Waals surface area contributed by atoms with Crippen molar-refractivity contribution in [3.8, 4) is 0 Å². The maximum absolute atomic E-state index is 12.8. The van der Waals surface area contributed by atoms with Gasteiger partial charge in [0.25, 0.3) is 5.91 Å². The number of nitrogens with one attached hydrogen (secondary N) is 2. The number of nitrogens with zero attached hydrogens (tertiary/aromatic N) is 1. The maximum Gasteiger partial charge on any atom is 0.276 e. The van der Waals surface area contributed by atoms with E-state index in [1.807, 2.05) is 0 Å². The van der Waals surface area contributed by atoms with Gasteiger partial charge in [0, 0.05) is 16.8 Å². The molecule has 1 heterocycles. The van der Waals surface area contributed by atoms with Crippen molar-refractivity contribution in [2.75, 3.05) is 11.1 Å². The molecule has 1 aromatic heterocycles. The summed E-state index contributed by atoms with van der Waals surface area (Å²) in [5.41, 5.74) is 7.73. The molecular weight excluding hydrogens is 259 g/mol. The van der Waals surface area contributed by atoms with E-state index in [1.165, 1.54) is 24.3 Å². The average molecular weight is 270 g/mol. The third-order valence-corrected chi connectivity index (χ3v) is 2.90. The molecule has 0 atom stereocenters. The van der Waals surface area contributed by atoms with Gasteiger partial charge in [0.05, 0.1) is 5.52 Å². The Hall–Kier alpha value is -2.89. The lowest BCUT2D eigenvalue weighted by Gasteiger charge is -2.03. The number of H-pyrrole nitrogens is 1. The van der Waals surface area contributed by atoms with Crippen LogP contribution in [-0.4, -0.2) is 16.1 Å².